The van der Waals surface area contributed by atoms with Gasteiger partial charge in [0.2, 0.25) is 0 Å². The zero-order chi connectivity index (χ0) is 15.4. The van der Waals surface area contributed by atoms with E-state index in [0.717, 1.165) is 6.42 Å². The predicted octanol–water partition coefficient (Wildman–Crippen LogP) is 3.22. The molecule has 1 aromatic rings. The van der Waals surface area contributed by atoms with Crippen LogP contribution in [0.1, 0.15) is 49.9 Å². The number of nitrogen functional groups attached to an aromatic ring is 1. The Balaban J connectivity index is 2.13. The fourth-order valence-corrected chi connectivity index (χ4v) is 3.24. The van der Waals surface area contributed by atoms with Gasteiger partial charge in [0.25, 0.3) is 5.91 Å². The van der Waals surface area contributed by atoms with Crippen molar-refractivity contribution in [2.45, 2.75) is 45.6 Å². The third-order valence-corrected chi connectivity index (χ3v) is 4.50. The zero-order valence-corrected chi connectivity index (χ0v) is 13.2. The van der Waals surface area contributed by atoms with Crippen molar-refractivity contribution in [3.63, 3.8) is 0 Å². The van der Waals surface area contributed by atoms with Crippen LogP contribution in [0.2, 0.25) is 0 Å². The number of amides is 1. The first kappa shape index (κ1) is 15.7. The summed E-state index contributed by atoms with van der Waals surface area (Å²) in [5.74, 6) is 1.69. The first-order valence-electron chi connectivity index (χ1n) is 7.77. The second-order valence-electron chi connectivity index (χ2n) is 6.23. The third-order valence-electron chi connectivity index (χ3n) is 4.50. The number of nitrogens with two attached hydrogens (primary N) is 1. The highest BCUT2D eigenvalue weighted by Gasteiger charge is 2.29. The molecule has 1 aliphatic carbocycles. The molecule has 0 radical (unpaired) electrons. The predicted molar refractivity (Wildman–Crippen MR) is 85.5 cm³/mol. The Hall–Kier alpha value is -1.71. The molecule has 0 saturated heterocycles. The van der Waals surface area contributed by atoms with E-state index < -0.39 is 0 Å². The number of carbonyl (C=O) groups excluding carboxylic acids is 1. The van der Waals surface area contributed by atoms with Crippen molar-refractivity contribution in [3.05, 3.63) is 23.8 Å². The topological polar surface area (TPSA) is 64.3 Å². The summed E-state index contributed by atoms with van der Waals surface area (Å²) in [5, 5.41) is 3.18. The van der Waals surface area contributed by atoms with Gasteiger partial charge < -0.3 is 15.8 Å². The van der Waals surface area contributed by atoms with Gasteiger partial charge in [0, 0.05) is 11.7 Å². The molecule has 4 nitrogen and oxygen atoms in total. The molecule has 0 aromatic heterocycles. The molecule has 1 fully saturated rings. The van der Waals surface area contributed by atoms with Gasteiger partial charge in [-0.25, -0.2) is 0 Å². The van der Waals surface area contributed by atoms with E-state index in [4.69, 9.17) is 10.5 Å². The maximum atomic E-state index is 12.5. The molecule has 21 heavy (non-hydrogen) atoms. The quantitative estimate of drug-likeness (QED) is 0.837. The van der Waals surface area contributed by atoms with Gasteiger partial charge >= 0.3 is 0 Å². The van der Waals surface area contributed by atoms with Crippen LogP contribution in [0, 0.1) is 11.8 Å². The lowest BCUT2D eigenvalue weighted by Gasteiger charge is -2.35. The Morgan fingerprint density at radius 3 is 2.71 bits per heavy atom. The van der Waals surface area contributed by atoms with Crippen LogP contribution in [-0.2, 0) is 0 Å². The average molecular weight is 290 g/mol. The summed E-state index contributed by atoms with van der Waals surface area (Å²) < 4.78 is 5.17. The maximum absolute atomic E-state index is 12.5. The second kappa shape index (κ2) is 6.83. The molecule has 2 atom stereocenters. The van der Waals surface area contributed by atoms with E-state index in [9.17, 15) is 4.79 Å². The number of benzene rings is 1. The fraction of sp³-hybridized carbons (Fsp3) is 0.588. The number of anilines is 1. The van der Waals surface area contributed by atoms with Gasteiger partial charge in [-0.2, -0.15) is 0 Å². The summed E-state index contributed by atoms with van der Waals surface area (Å²) >= 11 is 0. The summed E-state index contributed by atoms with van der Waals surface area (Å²) in [4.78, 5) is 12.5. The van der Waals surface area contributed by atoms with Crippen LogP contribution in [-0.4, -0.2) is 19.1 Å². The summed E-state index contributed by atoms with van der Waals surface area (Å²) in [6.07, 6.45) is 4.69. The molecule has 1 amide bonds. The molecule has 0 bridgehead atoms. The monoisotopic (exact) mass is 290 g/mol. The Labute approximate surface area is 127 Å². The van der Waals surface area contributed by atoms with Gasteiger partial charge in [0.05, 0.1) is 12.7 Å². The molecule has 0 spiro atoms. The van der Waals surface area contributed by atoms with Crippen LogP contribution in [0.3, 0.4) is 0 Å². The van der Waals surface area contributed by atoms with E-state index in [0.29, 0.717) is 28.8 Å². The molecule has 3 N–H and O–H groups in total. The van der Waals surface area contributed by atoms with E-state index >= 15 is 0 Å². The minimum Gasteiger partial charge on any atom is -0.497 e. The van der Waals surface area contributed by atoms with Crippen molar-refractivity contribution < 1.29 is 9.53 Å². The Bertz CT molecular complexity index is 500. The van der Waals surface area contributed by atoms with E-state index in [1.807, 2.05) is 0 Å². The van der Waals surface area contributed by atoms with Crippen molar-refractivity contribution in [2.75, 3.05) is 12.8 Å². The van der Waals surface area contributed by atoms with E-state index in [-0.39, 0.29) is 11.9 Å². The van der Waals surface area contributed by atoms with Crippen LogP contribution >= 0.6 is 0 Å². The van der Waals surface area contributed by atoms with Crippen molar-refractivity contribution in [1.82, 2.24) is 5.32 Å². The summed E-state index contributed by atoms with van der Waals surface area (Å²) in [7, 11) is 1.59. The molecule has 1 aliphatic rings. The van der Waals surface area contributed by atoms with Crippen molar-refractivity contribution in [3.8, 4) is 5.75 Å². The zero-order valence-electron chi connectivity index (χ0n) is 13.2. The van der Waals surface area contributed by atoms with Crippen LogP contribution in [0.5, 0.6) is 5.75 Å². The van der Waals surface area contributed by atoms with Gasteiger partial charge in [-0.15, -0.1) is 0 Å². The van der Waals surface area contributed by atoms with Crippen LogP contribution in [0.15, 0.2) is 18.2 Å². The standard InChI is InChI=1S/C17H26N2O2/c1-11(2)13-6-4-5-7-16(13)19-17(20)14-10-12(21-3)8-9-15(14)18/h8-11,13,16H,4-7,18H2,1-3H3,(H,19,20). The lowest BCUT2D eigenvalue weighted by molar-refractivity contribution is 0.0889. The van der Waals surface area contributed by atoms with Crippen LogP contribution < -0.4 is 15.8 Å². The van der Waals surface area contributed by atoms with E-state index in [1.165, 1.54) is 19.3 Å². The van der Waals surface area contributed by atoms with Gasteiger partial charge in [-0.1, -0.05) is 26.7 Å². The summed E-state index contributed by atoms with van der Waals surface area (Å²) in [6, 6.07) is 5.44. The largest absolute Gasteiger partial charge is 0.497 e. The smallest absolute Gasteiger partial charge is 0.253 e. The maximum Gasteiger partial charge on any atom is 0.253 e. The van der Waals surface area contributed by atoms with Crippen molar-refractivity contribution in [2.24, 2.45) is 11.8 Å². The highest BCUT2D eigenvalue weighted by molar-refractivity contribution is 5.99. The summed E-state index contributed by atoms with van der Waals surface area (Å²) in [5.41, 5.74) is 6.92. The lowest BCUT2D eigenvalue weighted by atomic mass is 9.78. The molecule has 0 heterocycles. The van der Waals surface area contributed by atoms with Crippen molar-refractivity contribution in [1.29, 1.82) is 0 Å². The molecule has 116 valence electrons. The minimum atomic E-state index is -0.0936. The highest BCUT2D eigenvalue weighted by atomic mass is 16.5. The first-order chi connectivity index (χ1) is 10.0. The number of nitrogens with one attached hydrogen (secondary N) is 1. The molecule has 2 rings (SSSR count). The lowest BCUT2D eigenvalue weighted by Crippen LogP contribution is -2.44. The molecule has 1 aromatic carbocycles. The van der Waals surface area contributed by atoms with Gasteiger partial charge in [0.15, 0.2) is 0 Å². The molecular weight excluding hydrogens is 264 g/mol. The SMILES string of the molecule is COc1ccc(N)c(C(=O)NC2CCCCC2C(C)C)c1. The second-order valence-corrected chi connectivity index (χ2v) is 6.23. The van der Waals surface area contributed by atoms with Gasteiger partial charge in [-0.05, 0) is 42.9 Å². The highest BCUT2D eigenvalue weighted by Crippen LogP contribution is 2.30. The minimum absolute atomic E-state index is 0.0936. The molecule has 1 saturated carbocycles. The fourth-order valence-electron chi connectivity index (χ4n) is 3.24. The molecule has 0 aliphatic heterocycles. The molecule has 2 unspecified atom stereocenters. The number of carbonyl (C=O) groups is 1. The Morgan fingerprint density at radius 2 is 2.05 bits per heavy atom. The number of hydrogen-bond acceptors (Lipinski definition) is 3. The van der Waals surface area contributed by atoms with E-state index in [1.54, 1.807) is 25.3 Å². The van der Waals surface area contributed by atoms with Crippen LogP contribution in [0.4, 0.5) is 5.69 Å². The summed E-state index contributed by atoms with van der Waals surface area (Å²) in [6.45, 7) is 4.46. The first-order valence-corrected chi connectivity index (χ1v) is 7.77. The van der Waals surface area contributed by atoms with Crippen molar-refractivity contribution >= 4 is 11.6 Å². The average Bonchev–Trinajstić information content (AvgIpc) is 2.48. The van der Waals surface area contributed by atoms with Gasteiger partial charge in [-0.3, -0.25) is 4.79 Å². The van der Waals surface area contributed by atoms with E-state index in [2.05, 4.69) is 19.2 Å². The Morgan fingerprint density at radius 1 is 1.33 bits per heavy atom. The number of rotatable bonds is 4. The van der Waals surface area contributed by atoms with Crippen LogP contribution in [0.25, 0.3) is 0 Å². The third kappa shape index (κ3) is 3.69. The normalized spacial score (nSPS) is 22.1. The number of hydrogen-bond donors (Lipinski definition) is 2. The number of methoxy groups -OCH3 is 1. The molecular formula is C17H26N2O2. The molecule has 4 heteroatoms. The Kier molecular flexibility index (Phi) is 5.10. The van der Waals surface area contributed by atoms with Gasteiger partial charge in [0.1, 0.15) is 5.75 Å². The number of ether oxygens (including phenoxy) is 1.